The zero-order chi connectivity index (χ0) is 9.68. The number of hydrogen-bond donors (Lipinski definition) is 2. The van der Waals surface area contributed by atoms with Gasteiger partial charge in [-0.15, -0.1) is 0 Å². The van der Waals surface area contributed by atoms with E-state index >= 15 is 0 Å². The van der Waals surface area contributed by atoms with Crippen molar-refractivity contribution < 1.29 is 9.63 Å². The summed E-state index contributed by atoms with van der Waals surface area (Å²) in [5, 5.41) is 0. The lowest BCUT2D eigenvalue weighted by atomic mass is 9.88. The van der Waals surface area contributed by atoms with Gasteiger partial charge in [-0.3, -0.25) is 9.63 Å². The van der Waals surface area contributed by atoms with Gasteiger partial charge >= 0.3 is 0 Å². The first-order chi connectivity index (χ1) is 6.18. The summed E-state index contributed by atoms with van der Waals surface area (Å²) in [6.45, 7) is 2.23. The first kappa shape index (κ1) is 10.5. The highest BCUT2D eigenvalue weighted by Gasteiger charge is 2.17. The van der Waals surface area contributed by atoms with E-state index in [4.69, 9.17) is 10.6 Å². The highest BCUT2D eigenvalue weighted by molar-refractivity contribution is 5.74. The predicted molar refractivity (Wildman–Crippen MR) is 49.7 cm³/mol. The lowest BCUT2D eigenvalue weighted by Crippen LogP contribution is -2.35. The molecule has 3 N–H and O–H groups in total. The van der Waals surface area contributed by atoms with E-state index in [-0.39, 0.29) is 6.61 Å². The Morgan fingerprint density at radius 1 is 1.46 bits per heavy atom. The summed E-state index contributed by atoms with van der Waals surface area (Å²) >= 11 is 0. The second-order valence-electron chi connectivity index (χ2n) is 3.83. The van der Waals surface area contributed by atoms with Gasteiger partial charge in [0.05, 0.1) is 0 Å². The second kappa shape index (κ2) is 5.19. The van der Waals surface area contributed by atoms with Crippen LogP contribution in [0.2, 0.25) is 0 Å². The molecule has 0 heterocycles. The SMILES string of the molecule is CC1CCC(NOCC(N)=O)CC1. The number of amides is 1. The van der Waals surface area contributed by atoms with Crippen molar-refractivity contribution in [2.75, 3.05) is 6.61 Å². The largest absolute Gasteiger partial charge is 0.368 e. The van der Waals surface area contributed by atoms with Crippen LogP contribution in [0.25, 0.3) is 0 Å². The maximum absolute atomic E-state index is 10.4. The van der Waals surface area contributed by atoms with E-state index in [1.165, 1.54) is 12.8 Å². The van der Waals surface area contributed by atoms with Crippen molar-refractivity contribution in [1.29, 1.82) is 0 Å². The normalized spacial score (nSPS) is 28.7. The number of primary amides is 1. The van der Waals surface area contributed by atoms with Crippen molar-refractivity contribution in [3.8, 4) is 0 Å². The molecule has 1 aliphatic carbocycles. The number of carbonyl (C=O) groups is 1. The van der Waals surface area contributed by atoms with Crippen LogP contribution >= 0.6 is 0 Å². The second-order valence-corrected chi connectivity index (χ2v) is 3.83. The number of carbonyl (C=O) groups excluding carboxylic acids is 1. The fourth-order valence-corrected chi connectivity index (χ4v) is 1.61. The average Bonchev–Trinajstić information content (AvgIpc) is 2.08. The molecule has 0 saturated heterocycles. The molecule has 0 aromatic heterocycles. The molecule has 76 valence electrons. The molecule has 0 bridgehead atoms. The third-order valence-corrected chi connectivity index (χ3v) is 2.48. The molecule has 4 nitrogen and oxygen atoms in total. The van der Waals surface area contributed by atoms with Crippen molar-refractivity contribution in [3.63, 3.8) is 0 Å². The molecule has 1 saturated carbocycles. The first-order valence-electron chi connectivity index (χ1n) is 4.84. The predicted octanol–water partition coefficient (Wildman–Crippen LogP) is 0.572. The Balaban J connectivity index is 2.05. The van der Waals surface area contributed by atoms with Crippen molar-refractivity contribution >= 4 is 5.91 Å². The number of nitrogens with two attached hydrogens (primary N) is 1. The van der Waals surface area contributed by atoms with E-state index in [2.05, 4.69) is 12.4 Å². The summed E-state index contributed by atoms with van der Waals surface area (Å²) in [7, 11) is 0. The maximum Gasteiger partial charge on any atom is 0.245 e. The Bertz CT molecular complexity index is 165. The molecule has 1 aliphatic rings. The van der Waals surface area contributed by atoms with Gasteiger partial charge in [0.15, 0.2) is 0 Å². The number of hydroxylamine groups is 1. The maximum atomic E-state index is 10.4. The van der Waals surface area contributed by atoms with Crippen LogP contribution < -0.4 is 11.2 Å². The van der Waals surface area contributed by atoms with Crippen LogP contribution in [0.5, 0.6) is 0 Å². The lowest BCUT2D eigenvalue weighted by molar-refractivity contribution is -0.126. The van der Waals surface area contributed by atoms with Gasteiger partial charge in [0.1, 0.15) is 6.61 Å². The van der Waals surface area contributed by atoms with E-state index < -0.39 is 5.91 Å². The molecule has 0 aliphatic heterocycles. The first-order valence-corrected chi connectivity index (χ1v) is 4.84. The summed E-state index contributed by atoms with van der Waals surface area (Å²) in [6.07, 6.45) is 4.72. The smallest absolute Gasteiger partial charge is 0.245 e. The van der Waals surface area contributed by atoms with Crippen LogP contribution in [0, 0.1) is 5.92 Å². The molecule has 4 heteroatoms. The van der Waals surface area contributed by atoms with E-state index in [1.54, 1.807) is 0 Å². The summed E-state index contributed by atoms with van der Waals surface area (Å²) in [6, 6.07) is 0.399. The quantitative estimate of drug-likeness (QED) is 0.631. The number of nitrogens with one attached hydrogen (secondary N) is 1. The van der Waals surface area contributed by atoms with Crippen LogP contribution in [-0.4, -0.2) is 18.6 Å². The third kappa shape index (κ3) is 4.24. The van der Waals surface area contributed by atoms with Gasteiger partial charge in [-0.25, -0.2) is 0 Å². The Morgan fingerprint density at radius 2 is 2.08 bits per heavy atom. The van der Waals surface area contributed by atoms with Crippen molar-refractivity contribution in [2.45, 2.75) is 38.6 Å². The minimum Gasteiger partial charge on any atom is -0.368 e. The van der Waals surface area contributed by atoms with Gasteiger partial charge in [-0.05, 0) is 31.6 Å². The van der Waals surface area contributed by atoms with Crippen LogP contribution in [0.1, 0.15) is 32.6 Å². The van der Waals surface area contributed by atoms with Crippen molar-refractivity contribution in [2.24, 2.45) is 11.7 Å². The summed E-state index contributed by atoms with van der Waals surface area (Å²) < 4.78 is 0. The molecule has 1 fully saturated rings. The molecule has 0 spiro atoms. The zero-order valence-electron chi connectivity index (χ0n) is 8.08. The fraction of sp³-hybridized carbons (Fsp3) is 0.889. The van der Waals surface area contributed by atoms with Crippen LogP contribution in [0.3, 0.4) is 0 Å². The molecule has 0 aromatic rings. The Hall–Kier alpha value is -0.610. The zero-order valence-corrected chi connectivity index (χ0v) is 8.08. The Morgan fingerprint density at radius 3 is 2.62 bits per heavy atom. The van der Waals surface area contributed by atoms with Crippen LogP contribution in [0.4, 0.5) is 0 Å². The van der Waals surface area contributed by atoms with E-state index in [0.29, 0.717) is 6.04 Å². The number of rotatable bonds is 4. The molecular formula is C9H18N2O2. The van der Waals surface area contributed by atoms with Gasteiger partial charge < -0.3 is 5.73 Å². The average molecular weight is 186 g/mol. The molecule has 0 radical (unpaired) electrons. The van der Waals surface area contributed by atoms with Crippen LogP contribution in [0.15, 0.2) is 0 Å². The molecule has 1 amide bonds. The Kier molecular flexibility index (Phi) is 4.18. The van der Waals surface area contributed by atoms with Gasteiger partial charge in [0, 0.05) is 6.04 Å². The van der Waals surface area contributed by atoms with Crippen molar-refractivity contribution in [1.82, 2.24) is 5.48 Å². The fourth-order valence-electron chi connectivity index (χ4n) is 1.61. The monoisotopic (exact) mass is 186 g/mol. The van der Waals surface area contributed by atoms with Crippen molar-refractivity contribution in [3.05, 3.63) is 0 Å². The minimum absolute atomic E-state index is 0.0357. The molecule has 13 heavy (non-hydrogen) atoms. The lowest BCUT2D eigenvalue weighted by Gasteiger charge is -2.26. The molecule has 1 rings (SSSR count). The third-order valence-electron chi connectivity index (χ3n) is 2.48. The van der Waals surface area contributed by atoms with Gasteiger partial charge in [-0.2, -0.15) is 5.48 Å². The highest BCUT2D eigenvalue weighted by Crippen LogP contribution is 2.23. The van der Waals surface area contributed by atoms with Crippen LogP contribution in [-0.2, 0) is 9.63 Å². The summed E-state index contributed by atoms with van der Waals surface area (Å²) in [5.74, 6) is 0.394. The molecule has 0 unspecified atom stereocenters. The summed E-state index contributed by atoms with van der Waals surface area (Å²) in [5.41, 5.74) is 7.80. The van der Waals surface area contributed by atoms with E-state index in [0.717, 1.165) is 18.8 Å². The van der Waals surface area contributed by atoms with E-state index in [1.807, 2.05) is 0 Å². The molecule has 0 atom stereocenters. The van der Waals surface area contributed by atoms with Gasteiger partial charge in [0.2, 0.25) is 5.91 Å². The molecular weight excluding hydrogens is 168 g/mol. The van der Waals surface area contributed by atoms with Gasteiger partial charge in [-0.1, -0.05) is 6.92 Å². The number of hydrogen-bond acceptors (Lipinski definition) is 3. The Labute approximate surface area is 78.8 Å². The molecule has 0 aromatic carbocycles. The topological polar surface area (TPSA) is 64.3 Å². The minimum atomic E-state index is -0.434. The standard InChI is InChI=1S/C9H18N2O2/c1-7-2-4-8(5-3-7)11-13-6-9(10)12/h7-8,11H,2-6H2,1H3,(H2,10,12). The van der Waals surface area contributed by atoms with E-state index in [9.17, 15) is 4.79 Å². The van der Waals surface area contributed by atoms with Gasteiger partial charge in [0.25, 0.3) is 0 Å². The summed E-state index contributed by atoms with van der Waals surface area (Å²) in [4.78, 5) is 15.3. The highest BCUT2D eigenvalue weighted by atomic mass is 16.6.